The van der Waals surface area contributed by atoms with Crippen LogP contribution >= 0.6 is 0 Å². The van der Waals surface area contributed by atoms with Crippen LogP contribution in [0.4, 0.5) is 5.82 Å². The summed E-state index contributed by atoms with van der Waals surface area (Å²) in [5.74, 6) is 1.37. The zero-order valence-corrected chi connectivity index (χ0v) is 16.7. The minimum absolute atomic E-state index is 0.109. The number of pyridine rings is 2. The van der Waals surface area contributed by atoms with Crippen LogP contribution in [0.3, 0.4) is 0 Å². The Kier molecular flexibility index (Phi) is 4.64. The molecule has 154 valence electrons. The summed E-state index contributed by atoms with van der Waals surface area (Å²) in [6.45, 7) is 1.80. The zero-order valence-electron chi connectivity index (χ0n) is 16.7. The second-order valence-electron chi connectivity index (χ2n) is 7.36. The highest BCUT2D eigenvalue weighted by Crippen LogP contribution is 2.40. The third kappa shape index (κ3) is 3.30. The van der Waals surface area contributed by atoms with Gasteiger partial charge in [-0.1, -0.05) is 6.07 Å². The summed E-state index contributed by atoms with van der Waals surface area (Å²) >= 11 is 0. The maximum atomic E-state index is 13.0. The van der Waals surface area contributed by atoms with Crippen LogP contribution in [0.5, 0.6) is 11.5 Å². The summed E-state index contributed by atoms with van der Waals surface area (Å²) in [4.78, 5) is 23.3. The van der Waals surface area contributed by atoms with Gasteiger partial charge in [-0.25, -0.2) is 4.98 Å². The van der Waals surface area contributed by atoms with Gasteiger partial charge < -0.3 is 20.1 Å². The Morgan fingerprint density at radius 2 is 2.03 bits per heavy atom. The standard InChI is InChI=1S/C23H19N5O3/c24-11-16-21(14-3-4-19-20(10-14)31-9-8-30-19)17-13-28(7-5-18(17)27-22(16)25)23(29)15-2-1-6-26-12-15/h1-4,6,10,12H,5,7-9,13H2,(H2,25,27). The van der Waals surface area contributed by atoms with E-state index in [2.05, 4.69) is 16.0 Å². The van der Waals surface area contributed by atoms with E-state index < -0.39 is 0 Å². The van der Waals surface area contributed by atoms with Crippen LogP contribution in [0.15, 0.2) is 42.7 Å². The van der Waals surface area contributed by atoms with Crippen LogP contribution in [0, 0.1) is 11.3 Å². The van der Waals surface area contributed by atoms with Gasteiger partial charge in [-0.2, -0.15) is 5.26 Å². The number of carbonyl (C=O) groups is 1. The molecule has 2 aliphatic heterocycles. The van der Waals surface area contributed by atoms with E-state index in [1.807, 2.05) is 18.2 Å². The van der Waals surface area contributed by atoms with Crippen molar-refractivity contribution in [1.82, 2.24) is 14.9 Å². The van der Waals surface area contributed by atoms with Crippen LogP contribution < -0.4 is 15.2 Å². The van der Waals surface area contributed by atoms with Crippen molar-refractivity contribution in [1.29, 1.82) is 5.26 Å². The number of anilines is 1. The second kappa shape index (κ2) is 7.61. The highest BCUT2D eigenvalue weighted by molar-refractivity contribution is 5.94. The summed E-state index contributed by atoms with van der Waals surface area (Å²) in [5, 5.41) is 9.84. The first-order valence-corrected chi connectivity index (χ1v) is 9.96. The van der Waals surface area contributed by atoms with Crippen LogP contribution in [0.25, 0.3) is 11.1 Å². The van der Waals surface area contributed by atoms with Gasteiger partial charge in [-0.15, -0.1) is 0 Å². The zero-order chi connectivity index (χ0) is 21.4. The monoisotopic (exact) mass is 413 g/mol. The van der Waals surface area contributed by atoms with Gasteiger partial charge in [-0.05, 0) is 29.8 Å². The maximum absolute atomic E-state index is 13.0. The van der Waals surface area contributed by atoms with E-state index in [4.69, 9.17) is 15.2 Å². The van der Waals surface area contributed by atoms with Gasteiger partial charge in [0.25, 0.3) is 5.91 Å². The largest absolute Gasteiger partial charge is 0.486 e. The predicted molar refractivity (Wildman–Crippen MR) is 112 cm³/mol. The second-order valence-corrected chi connectivity index (χ2v) is 7.36. The van der Waals surface area contributed by atoms with Gasteiger partial charge >= 0.3 is 0 Å². The van der Waals surface area contributed by atoms with Gasteiger partial charge in [0.15, 0.2) is 11.5 Å². The molecule has 2 aromatic heterocycles. The van der Waals surface area contributed by atoms with Crippen LogP contribution in [0.2, 0.25) is 0 Å². The molecule has 1 aromatic carbocycles. The Labute approximate surface area is 178 Å². The maximum Gasteiger partial charge on any atom is 0.255 e. The van der Waals surface area contributed by atoms with Crippen molar-refractivity contribution >= 4 is 11.7 Å². The summed E-state index contributed by atoms with van der Waals surface area (Å²) in [7, 11) is 0. The van der Waals surface area contributed by atoms with E-state index in [1.165, 1.54) is 0 Å². The number of hydrogen-bond acceptors (Lipinski definition) is 7. The van der Waals surface area contributed by atoms with Crippen molar-refractivity contribution in [2.75, 3.05) is 25.5 Å². The third-order valence-electron chi connectivity index (χ3n) is 5.52. The van der Waals surface area contributed by atoms with Crippen LogP contribution in [0.1, 0.15) is 27.2 Å². The fourth-order valence-corrected chi connectivity index (χ4v) is 4.06. The average Bonchev–Trinajstić information content (AvgIpc) is 2.82. The van der Waals surface area contributed by atoms with E-state index in [9.17, 15) is 10.1 Å². The molecule has 0 saturated heterocycles. The number of nitrogen functional groups attached to an aromatic ring is 1. The van der Waals surface area contributed by atoms with Gasteiger partial charge in [0.2, 0.25) is 0 Å². The molecular weight excluding hydrogens is 394 g/mol. The van der Waals surface area contributed by atoms with Crippen molar-refractivity contribution in [3.8, 4) is 28.7 Å². The van der Waals surface area contributed by atoms with Gasteiger partial charge in [-0.3, -0.25) is 9.78 Å². The van der Waals surface area contributed by atoms with Gasteiger partial charge in [0, 0.05) is 43.0 Å². The van der Waals surface area contributed by atoms with Crippen molar-refractivity contribution in [3.05, 3.63) is 65.1 Å². The molecule has 0 bridgehead atoms. The summed E-state index contributed by atoms with van der Waals surface area (Å²) < 4.78 is 11.3. The first-order chi connectivity index (χ1) is 15.2. The highest BCUT2D eigenvalue weighted by Gasteiger charge is 2.28. The van der Waals surface area contributed by atoms with Crippen molar-refractivity contribution in [2.45, 2.75) is 13.0 Å². The molecule has 0 saturated carbocycles. The first-order valence-electron chi connectivity index (χ1n) is 9.96. The van der Waals surface area contributed by atoms with E-state index in [1.54, 1.807) is 29.4 Å². The summed E-state index contributed by atoms with van der Waals surface area (Å²) in [6.07, 6.45) is 3.74. The lowest BCUT2D eigenvalue weighted by atomic mass is 9.90. The molecule has 2 aliphatic rings. The smallest absolute Gasteiger partial charge is 0.255 e. The fourth-order valence-electron chi connectivity index (χ4n) is 4.06. The quantitative estimate of drug-likeness (QED) is 0.687. The lowest BCUT2D eigenvalue weighted by molar-refractivity contribution is 0.0733. The molecule has 0 fully saturated rings. The van der Waals surface area contributed by atoms with Crippen LogP contribution in [-0.4, -0.2) is 40.5 Å². The van der Waals surface area contributed by atoms with Crippen LogP contribution in [-0.2, 0) is 13.0 Å². The number of aromatic nitrogens is 2. The number of amides is 1. The van der Waals surface area contributed by atoms with Gasteiger partial charge in [0.1, 0.15) is 30.7 Å². The molecule has 5 rings (SSSR count). The molecule has 8 heteroatoms. The number of nitrogens with two attached hydrogens (primary N) is 1. The molecule has 0 atom stereocenters. The van der Waals surface area contributed by atoms with Crippen molar-refractivity contribution < 1.29 is 14.3 Å². The molecule has 0 spiro atoms. The van der Waals surface area contributed by atoms with Gasteiger partial charge in [0.05, 0.1) is 11.3 Å². The molecule has 2 N–H and O–H groups in total. The fraction of sp³-hybridized carbons (Fsp3) is 0.217. The minimum atomic E-state index is -0.109. The summed E-state index contributed by atoms with van der Waals surface area (Å²) in [6, 6.07) is 11.2. The topological polar surface area (TPSA) is 114 Å². The molecular formula is C23H19N5O3. The number of nitriles is 1. The van der Waals surface area contributed by atoms with Crippen molar-refractivity contribution in [2.24, 2.45) is 0 Å². The SMILES string of the molecule is N#Cc1c(N)nc2c(c1-c1ccc3c(c1)OCCO3)CN(C(=O)c1cccnc1)CC2. The highest BCUT2D eigenvalue weighted by atomic mass is 16.6. The Morgan fingerprint density at radius 3 is 2.81 bits per heavy atom. The number of benzene rings is 1. The number of ether oxygens (including phenoxy) is 2. The molecule has 3 aromatic rings. The van der Waals surface area contributed by atoms with E-state index >= 15 is 0 Å². The van der Waals surface area contributed by atoms with E-state index in [-0.39, 0.29) is 11.7 Å². The first kappa shape index (κ1) is 18.9. The van der Waals surface area contributed by atoms with E-state index in [0.29, 0.717) is 60.9 Å². The molecule has 4 heterocycles. The minimum Gasteiger partial charge on any atom is -0.486 e. The Balaban J connectivity index is 1.61. The predicted octanol–water partition coefficient (Wildman–Crippen LogP) is 2.57. The number of hydrogen-bond donors (Lipinski definition) is 1. The number of rotatable bonds is 2. The molecule has 8 nitrogen and oxygen atoms in total. The number of nitrogens with zero attached hydrogens (tertiary/aromatic N) is 4. The van der Waals surface area contributed by atoms with Crippen molar-refractivity contribution in [3.63, 3.8) is 0 Å². The number of carbonyl (C=O) groups excluding carboxylic acids is 1. The normalized spacial score (nSPS) is 14.5. The number of fused-ring (bicyclic) bond motifs is 2. The lowest BCUT2D eigenvalue weighted by Gasteiger charge is -2.31. The van der Waals surface area contributed by atoms with E-state index in [0.717, 1.165) is 16.8 Å². The third-order valence-corrected chi connectivity index (χ3v) is 5.52. The molecule has 0 radical (unpaired) electrons. The molecule has 0 unspecified atom stereocenters. The molecule has 0 aliphatic carbocycles. The summed E-state index contributed by atoms with van der Waals surface area (Å²) in [5.41, 5.74) is 10.1. The Hall–Kier alpha value is -4.12. The molecule has 1 amide bonds. The lowest BCUT2D eigenvalue weighted by Crippen LogP contribution is -2.37. The average molecular weight is 413 g/mol. The Morgan fingerprint density at radius 1 is 1.19 bits per heavy atom. The molecule has 31 heavy (non-hydrogen) atoms. The Bertz CT molecular complexity index is 1220.